The van der Waals surface area contributed by atoms with Crippen LogP contribution in [0.2, 0.25) is 0 Å². The molecule has 2 amide bonds. The van der Waals surface area contributed by atoms with Crippen LogP contribution >= 0.6 is 23.5 Å². The molecule has 6 nitrogen and oxygen atoms in total. The lowest BCUT2D eigenvalue weighted by atomic mass is 10.2. The second kappa shape index (κ2) is 10.4. The largest absolute Gasteiger partial charge is 0.481 e. The minimum atomic E-state index is -0.860. The molecule has 136 valence electrons. The van der Waals surface area contributed by atoms with Crippen molar-refractivity contribution in [2.75, 3.05) is 36.9 Å². The summed E-state index contributed by atoms with van der Waals surface area (Å²) < 4.78 is 0. The van der Waals surface area contributed by atoms with Crippen molar-refractivity contribution in [1.82, 2.24) is 10.2 Å². The zero-order chi connectivity index (χ0) is 18.1. The first kappa shape index (κ1) is 19.7. The number of nitrogens with one attached hydrogen (secondary N) is 1. The molecule has 2 N–H and O–H groups in total. The van der Waals surface area contributed by atoms with Gasteiger partial charge in [-0.15, -0.1) is 23.5 Å². The summed E-state index contributed by atoms with van der Waals surface area (Å²) in [5, 5.41) is 11.4. The molecule has 1 heterocycles. The third kappa shape index (κ3) is 6.62. The van der Waals surface area contributed by atoms with Crippen LogP contribution in [0.15, 0.2) is 29.2 Å². The summed E-state index contributed by atoms with van der Waals surface area (Å²) in [7, 11) is 0. The number of carboxylic acid groups (broad SMARTS) is 1. The van der Waals surface area contributed by atoms with Crippen molar-refractivity contribution in [3.8, 4) is 0 Å². The fraction of sp³-hybridized carbons (Fsp3) is 0.471. The summed E-state index contributed by atoms with van der Waals surface area (Å²) in [5.74, 6) is -0.0447. The highest BCUT2D eigenvalue weighted by atomic mass is 32.2. The molecule has 1 aliphatic rings. The van der Waals surface area contributed by atoms with Gasteiger partial charge in [-0.3, -0.25) is 14.4 Å². The number of hydrogen-bond donors (Lipinski definition) is 2. The van der Waals surface area contributed by atoms with Crippen LogP contribution in [0.25, 0.3) is 0 Å². The van der Waals surface area contributed by atoms with Crippen LogP contribution in [0.5, 0.6) is 0 Å². The number of benzene rings is 1. The zero-order valence-electron chi connectivity index (χ0n) is 13.9. The van der Waals surface area contributed by atoms with Gasteiger partial charge in [-0.25, -0.2) is 0 Å². The van der Waals surface area contributed by atoms with Crippen molar-refractivity contribution in [1.29, 1.82) is 0 Å². The van der Waals surface area contributed by atoms with E-state index in [1.165, 1.54) is 23.5 Å². The fourth-order valence-electron chi connectivity index (χ4n) is 2.47. The summed E-state index contributed by atoms with van der Waals surface area (Å²) in [5.41, 5.74) is 0.546. The van der Waals surface area contributed by atoms with Crippen molar-refractivity contribution in [3.63, 3.8) is 0 Å². The smallest absolute Gasteiger partial charge is 0.313 e. The van der Waals surface area contributed by atoms with Gasteiger partial charge in [-0.05, 0) is 25.0 Å². The summed E-state index contributed by atoms with van der Waals surface area (Å²) in [4.78, 5) is 37.6. The van der Waals surface area contributed by atoms with Crippen LogP contribution in [0.4, 0.5) is 0 Å². The van der Waals surface area contributed by atoms with Gasteiger partial charge < -0.3 is 15.3 Å². The van der Waals surface area contributed by atoms with E-state index in [-0.39, 0.29) is 17.6 Å². The molecule has 0 unspecified atom stereocenters. The van der Waals surface area contributed by atoms with Crippen molar-refractivity contribution in [2.24, 2.45) is 0 Å². The van der Waals surface area contributed by atoms with Crippen LogP contribution in [0.3, 0.4) is 0 Å². The molecule has 0 aromatic heterocycles. The highest BCUT2D eigenvalue weighted by molar-refractivity contribution is 8.00. The number of nitrogens with zero attached hydrogens (tertiary/aromatic N) is 1. The lowest BCUT2D eigenvalue weighted by molar-refractivity contribution is -0.134. The lowest BCUT2D eigenvalue weighted by Gasteiger charge is -2.15. The molecule has 8 heteroatoms. The number of carbonyl (C=O) groups is 3. The second-order valence-electron chi connectivity index (χ2n) is 5.57. The summed E-state index contributed by atoms with van der Waals surface area (Å²) in [6.07, 6.45) is 2.13. The Bertz CT molecular complexity index is 618. The Kier molecular flexibility index (Phi) is 8.14. The first-order chi connectivity index (χ1) is 12.1. The van der Waals surface area contributed by atoms with Crippen LogP contribution in [-0.2, 0) is 9.59 Å². The predicted octanol–water partition coefficient (Wildman–Crippen LogP) is 1.95. The fourth-order valence-corrected chi connectivity index (χ4v) is 3.99. The molecule has 0 bridgehead atoms. The molecule has 1 aromatic carbocycles. The number of likely N-dealkylation sites (tertiary alicyclic amines) is 1. The molecule has 0 saturated carbocycles. The maximum absolute atomic E-state index is 12.3. The molecule has 1 saturated heterocycles. The molecular formula is C17H22N2O4S2. The van der Waals surface area contributed by atoms with Crippen LogP contribution in [0, 0.1) is 0 Å². The Morgan fingerprint density at radius 2 is 1.84 bits per heavy atom. The minimum Gasteiger partial charge on any atom is -0.481 e. The Balaban J connectivity index is 1.83. The number of amides is 2. The van der Waals surface area contributed by atoms with E-state index < -0.39 is 5.97 Å². The standard InChI is InChI=1S/C17H22N2O4S2/c20-15(19-8-3-4-9-19)11-25-14-6-2-1-5-13(14)17(23)18-7-10-24-12-16(21)22/h1-2,5-6H,3-4,7-12H2,(H,18,23)(H,21,22). The molecule has 1 aliphatic heterocycles. The summed E-state index contributed by atoms with van der Waals surface area (Å²) in [6.45, 7) is 2.06. The van der Waals surface area contributed by atoms with Crippen molar-refractivity contribution in [3.05, 3.63) is 29.8 Å². The van der Waals surface area contributed by atoms with Gasteiger partial charge in [0.1, 0.15) is 0 Å². The second-order valence-corrected chi connectivity index (χ2v) is 7.70. The highest BCUT2D eigenvalue weighted by Gasteiger charge is 2.19. The summed E-state index contributed by atoms with van der Waals surface area (Å²) >= 11 is 2.64. The summed E-state index contributed by atoms with van der Waals surface area (Å²) in [6, 6.07) is 7.22. The van der Waals surface area contributed by atoms with E-state index in [1.54, 1.807) is 12.1 Å². The lowest BCUT2D eigenvalue weighted by Crippen LogP contribution is -2.29. The van der Waals surface area contributed by atoms with E-state index in [1.807, 2.05) is 17.0 Å². The molecule has 25 heavy (non-hydrogen) atoms. The van der Waals surface area contributed by atoms with E-state index >= 15 is 0 Å². The third-order valence-electron chi connectivity index (χ3n) is 3.70. The molecular weight excluding hydrogens is 360 g/mol. The topological polar surface area (TPSA) is 86.7 Å². The van der Waals surface area contributed by atoms with E-state index in [0.29, 0.717) is 23.6 Å². The monoisotopic (exact) mass is 382 g/mol. The van der Waals surface area contributed by atoms with Crippen molar-refractivity contribution in [2.45, 2.75) is 17.7 Å². The van der Waals surface area contributed by atoms with E-state index in [0.717, 1.165) is 30.8 Å². The van der Waals surface area contributed by atoms with Gasteiger partial charge in [0.2, 0.25) is 5.91 Å². The molecule has 0 aliphatic carbocycles. The number of aliphatic carboxylic acids is 1. The van der Waals surface area contributed by atoms with Crippen LogP contribution < -0.4 is 5.32 Å². The Labute approximate surface area is 155 Å². The molecule has 2 rings (SSSR count). The van der Waals surface area contributed by atoms with Crippen LogP contribution in [0.1, 0.15) is 23.2 Å². The SMILES string of the molecule is O=C(O)CSCCNC(=O)c1ccccc1SCC(=O)N1CCCC1. The Morgan fingerprint density at radius 1 is 1.12 bits per heavy atom. The average Bonchev–Trinajstić information content (AvgIpc) is 3.14. The van der Waals surface area contributed by atoms with E-state index in [9.17, 15) is 14.4 Å². The Morgan fingerprint density at radius 3 is 2.56 bits per heavy atom. The van der Waals surface area contributed by atoms with Crippen LogP contribution in [-0.4, -0.2) is 64.7 Å². The number of carbonyl (C=O) groups excluding carboxylic acids is 2. The Hall–Kier alpha value is -1.67. The zero-order valence-corrected chi connectivity index (χ0v) is 15.5. The molecule has 1 fully saturated rings. The van der Waals surface area contributed by atoms with Gasteiger partial charge in [0.05, 0.1) is 17.1 Å². The number of rotatable bonds is 9. The first-order valence-corrected chi connectivity index (χ1v) is 10.3. The number of thioether (sulfide) groups is 2. The molecule has 0 atom stereocenters. The minimum absolute atomic E-state index is 0.0287. The van der Waals surface area contributed by atoms with Gasteiger partial charge in [-0.1, -0.05) is 12.1 Å². The average molecular weight is 383 g/mol. The van der Waals surface area contributed by atoms with E-state index in [2.05, 4.69) is 5.32 Å². The van der Waals surface area contributed by atoms with Crippen molar-refractivity contribution >= 4 is 41.3 Å². The quantitative estimate of drug-likeness (QED) is 0.501. The number of carboxylic acids is 1. The van der Waals surface area contributed by atoms with E-state index in [4.69, 9.17) is 5.11 Å². The highest BCUT2D eigenvalue weighted by Crippen LogP contribution is 2.23. The first-order valence-electron chi connectivity index (χ1n) is 8.15. The van der Waals surface area contributed by atoms with Gasteiger partial charge in [-0.2, -0.15) is 0 Å². The maximum Gasteiger partial charge on any atom is 0.313 e. The predicted molar refractivity (Wildman–Crippen MR) is 100 cm³/mol. The van der Waals surface area contributed by atoms with Crippen molar-refractivity contribution < 1.29 is 19.5 Å². The maximum atomic E-state index is 12.3. The normalized spacial score (nSPS) is 13.7. The molecule has 1 aromatic rings. The van der Waals surface area contributed by atoms with Gasteiger partial charge >= 0.3 is 5.97 Å². The van der Waals surface area contributed by atoms with Gasteiger partial charge in [0.15, 0.2) is 0 Å². The third-order valence-corrected chi connectivity index (χ3v) is 5.70. The number of hydrogen-bond acceptors (Lipinski definition) is 5. The molecule has 0 spiro atoms. The van der Waals surface area contributed by atoms with Gasteiger partial charge in [0.25, 0.3) is 5.91 Å². The van der Waals surface area contributed by atoms with Gasteiger partial charge in [0, 0.05) is 30.3 Å². The molecule has 0 radical (unpaired) electrons.